The summed E-state index contributed by atoms with van der Waals surface area (Å²) in [7, 11) is 0. The fourth-order valence-electron chi connectivity index (χ4n) is 2.71. The molecule has 2 aromatic carbocycles. The molecule has 3 rings (SSSR count). The van der Waals surface area contributed by atoms with E-state index in [1.807, 2.05) is 42.6 Å². The Morgan fingerprint density at radius 2 is 1.74 bits per heavy atom. The second-order valence-corrected chi connectivity index (χ2v) is 7.38. The molecule has 1 aromatic heterocycles. The number of hydrogen-bond donors (Lipinski definition) is 1. The van der Waals surface area contributed by atoms with Crippen molar-refractivity contribution in [2.75, 3.05) is 0 Å². The lowest BCUT2D eigenvalue weighted by Crippen LogP contribution is -2.23. The number of aromatic nitrogens is 1. The van der Waals surface area contributed by atoms with Gasteiger partial charge in [0.15, 0.2) is 5.78 Å². The van der Waals surface area contributed by atoms with E-state index in [4.69, 9.17) is 0 Å². The fraction of sp³-hybridized carbons (Fsp3) is 0.227. The molecule has 0 fully saturated rings. The van der Waals surface area contributed by atoms with Gasteiger partial charge in [-0.05, 0) is 19.4 Å². The Labute approximate surface area is 163 Å². The Balaban J connectivity index is 1.49. The average Bonchev–Trinajstić information content (AvgIpc) is 3.14. The molecule has 0 saturated carbocycles. The van der Waals surface area contributed by atoms with Crippen LogP contribution < -0.4 is 5.32 Å². The number of thiazole rings is 1. The number of hydrogen-bond acceptors (Lipinski definition) is 4. The molecule has 0 spiro atoms. The third kappa shape index (κ3) is 5.11. The summed E-state index contributed by atoms with van der Waals surface area (Å²) in [5.74, 6) is -0.151. The molecular formula is C22H22N2O2S. The molecule has 138 valence electrons. The first-order chi connectivity index (χ1) is 13.0. The summed E-state index contributed by atoms with van der Waals surface area (Å²) < 4.78 is 0. The SMILES string of the molecule is Cc1ccc(C(=O)CCC(=O)NCc2csc(-c3ccccc3C)n2)cc1. The number of Topliss-reactive ketones (excluding diaryl/α,β-unsaturated/α-hetero) is 1. The van der Waals surface area contributed by atoms with E-state index in [2.05, 4.69) is 23.3 Å². The van der Waals surface area contributed by atoms with E-state index in [1.54, 1.807) is 23.5 Å². The molecular weight excluding hydrogens is 356 g/mol. The second-order valence-electron chi connectivity index (χ2n) is 6.52. The predicted molar refractivity (Wildman–Crippen MR) is 109 cm³/mol. The van der Waals surface area contributed by atoms with Crippen molar-refractivity contribution < 1.29 is 9.59 Å². The Hall–Kier alpha value is -2.79. The van der Waals surface area contributed by atoms with Crippen molar-refractivity contribution in [3.8, 4) is 10.6 Å². The first-order valence-electron chi connectivity index (χ1n) is 8.90. The molecule has 0 radical (unpaired) electrons. The minimum atomic E-state index is -0.138. The van der Waals surface area contributed by atoms with Crippen LogP contribution in [0.4, 0.5) is 0 Å². The normalized spacial score (nSPS) is 10.6. The lowest BCUT2D eigenvalue weighted by Gasteiger charge is -2.04. The summed E-state index contributed by atoms with van der Waals surface area (Å²) >= 11 is 1.57. The van der Waals surface area contributed by atoms with Gasteiger partial charge in [-0.15, -0.1) is 11.3 Å². The Morgan fingerprint density at radius 1 is 1.00 bits per heavy atom. The topological polar surface area (TPSA) is 59.1 Å². The molecule has 1 heterocycles. The van der Waals surface area contributed by atoms with Crippen LogP contribution in [0.5, 0.6) is 0 Å². The van der Waals surface area contributed by atoms with Crippen molar-refractivity contribution in [3.05, 3.63) is 76.3 Å². The van der Waals surface area contributed by atoms with Crippen LogP contribution in [-0.2, 0) is 11.3 Å². The molecule has 0 atom stereocenters. The van der Waals surface area contributed by atoms with Gasteiger partial charge in [-0.1, -0.05) is 54.1 Å². The first kappa shape index (κ1) is 19.0. The van der Waals surface area contributed by atoms with Gasteiger partial charge in [-0.25, -0.2) is 4.98 Å². The summed E-state index contributed by atoms with van der Waals surface area (Å²) in [6, 6.07) is 15.5. The minimum Gasteiger partial charge on any atom is -0.350 e. The summed E-state index contributed by atoms with van der Waals surface area (Å²) in [4.78, 5) is 28.8. The van der Waals surface area contributed by atoms with Crippen LogP contribution in [0, 0.1) is 13.8 Å². The van der Waals surface area contributed by atoms with Crippen LogP contribution >= 0.6 is 11.3 Å². The lowest BCUT2D eigenvalue weighted by atomic mass is 10.1. The quantitative estimate of drug-likeness (QED) is 0.606. The van der Waals surface area contributed by atoms with Gasteiger partial charge in [-0.2, -0.15) is 0 Å². The van der Waals surface area contributed by atoms with Crippen LogP contribution in [-0.4, -0.2) is 16.7 Å². The Morgan fingerprint density at radius 3 is 2.48 bits per heavy atom. The zero-order chi connectivity index (χ0) is 19.2. The Kier molecular flexibility index (Phi) is 6.14. The number of rotatable bonds is 7. The largest absolute Gasteiger partial charge is 0.350 e. The summed E-state index contributed by atoms with van der Waals surface area (Å²) in [5, 5.41) is 5.76. The molecule has 3 aromatic rings. The van der Waals surface area contributed by atoms with Crippen molar-refractivity contribution in [3.63, 3.8) is 0 Å². The third-order valence-corrected chi connectivity index (χ3v) is 5.27. The zero-order valence-electron chi connectivity index (χ0n) is 15.5. The van der Waals surface area contributed by atoms with E-state index < -0.39 is 0 Å². The number of nitrogens with zero attached hydrogens (tertiary/aromatic N) is 1. The van der Waals surface area contributed by atoms with E-state index >= 15 is 0 Å². The molecule has 5 heteroatoms. The molecule has 0 bridgehead atoms. The maximum atomic E-state index is 12.1. The van der Waals surface area contributed by atoms with Gasteiger partial charge in [-0.3, -0.25) is 9.59 Å². The maximum Gasteiger partial charge on any atom is 0.220 e. The van der Waals surface area contributed by atoms with Gasteiger partial charge >= 0.3 is 0 Å². The third-order valence-electron chi connectivity index (χ3n) is 4.35. The van der Waals surface area contributed by atoms with Gasteiger partial charge in [0.1, 0.15) is 5.01 Å². The number of carbonyl (C=O) groups excluding carboxylic acids is 2. The summed E-state index contributed by atoms with van der Waals surface area (Å²) in [6.45, 7) is 4.41. The highest BCUT2D eigenvalue weighted by Crippen LogP contribution is 2.26. The smallest absolute Gasteiger partial charge is 0.220 e. The van der Waals surface area contributed by atoms with Crippen LogP contribution in [0.2, 0.25) is 0 Å². The number of benzene rings is 2. The van der Waals surface area contributed by atoms with E-state index in [1.165, 1.54) is 5.56 Å². The number of aryl methyl sites for hydroxylation is 2. The van der Waals surface area contributed by atoms with E-state index in [9.17, 15) is 9.59 Å². The highest BCUT2D eigenvalue weighted by Gasteiger charge is 2.11. The number of ketones is 1. The van der Waals surface area contributed by atoms with E-state index in [0.717, 1.165) is 21.8 Å². The monoisotopic (exact) mass is 378 g/mol. The molecule has 1 amide bonds. The molecule has 1 N–H and O–H groups in total. The molecule has 0 aliphatic rings. The molecule has 0 saturated heterocycles. The number of carbonyl (C=O) groups is 2. The van der Waals surface area contributed by atoms with Gasteiger partial charge in [0, 0.05) is 29.3 Å². The van der Waals surface area contributed by atoms with Gasteiger partial charge in [0.2, 0.25) is 5.91 Å². The molecule has 4 nitrogen and oxygen atoms in total. The van der Waals surface area contributed by atoms with Gasteiger partial charge in [0.25, 0.3) is 0 Å². The van der Waals surface area contributed by atoms with Crippen molar-refractivity contribution in [1.29, 1.82) is 0 Å². The van der Waals surface area contributed by atoms with Crippen LogP contribution in [0.1, 0.15) is 40.0 Å². The summed E-state index contributed by atoms with van der Waals surface area (Å²) in [5.41, 5.74) is 4.88. The van der Waals surface area contributed by atoms with Crippen LogP contribution in [0.15, 0.2) is 53.9 Å². The molecule has 27 heavy (non-hydrogen) atoms. The Bertz CT molecular complexity index is 945. The highest BCUT2D eigenvalue weighted by atomic mass is 32.1. The maximum absolute atomic E-state index is 12.1. The zero-order valence-corrected chi connectivity index (χ0v) is 16.3. The van der Waals surface area contributed by atoms with Gasteiger partial charge in [0.05, 0.1) is 12.2 Å². The van der Waals surface area contributed by atoms with E-state index in [0.29, 0.717) is 12.1 Å². The first-order valence-corrected chi connectivity index (χ1v) is 9.78. The molecule has 0 aliphatic heterocycles. The number of nitrogens with one attached hydrogen (secondary N) is 1. The lowest BCUT2D eigenvalue weighted by molar-refractivity contribution is -0.121. The summed E-state index contributed by atoms with van der Waals surface area (Å²) in [6.07, 6.45) is 0.391. The van der Waals surface area contributed by atoms with Crippen molar-refractivity contribution in [1.82, 2.24) is 10.3 Å². The number of amides is 1. The second kappa shape index (κ2) is 8.73. The minimum absolute atomic E-state index is 0.0133. The van der Waals surface area contributed by atoms with Crippen molar-refractivity contribution in [2.24, 2.45) is 0 Å². The van der Waals surface area contributed by atoms with Crippen molar-refractivity contribution in [2.45, 2.75) is 33.2 Å². The van der Waals surface area contributed by atoms with E-state index in [-0.39, 0.29) is 24.5 Å². The predicted octanol–water partition coefficient (Wildman–Crippen LogP) is 4.71. The van der Waals surface area contributed by atoms with Crippen LogP contribution in [0.25, 0.3) is 10.6 Å². The molecule has 0 unspecified atom stereocenters. The van der Waals surface area contributed by atoms with Gasteiger partial charge < -0.3 is 5.32 Å². The average molecular weight is 378 g/mol. The van der Waals surface area contributed by atoms with Crippen LogP contribution in [0.3, 0.4) is 0 Å². The standard InChI is InChI=1S/C22H22N2O2S/c1-15-7-9-17(10-8-15)20(25)11-12-21(26)23-13-18-14-27-22(24-18)19-6-4-3-5-16(19)2/h3-10,14H,11-13H2,1-2H3,(H,23,26). The fourth-order valence-corrected chi connectivity index (χ4v) is 3.62. The van der Waals surface area contributed by atoms with Crippen molar-refractivity contribution >= 4 is 23.0 Å². The molecule has 0 aliphatic carbocycles. The highest BCUT2D eigenvalue weighted by molar-refractivity contribution is 7.13.